The Morgan fingerprint density at radius 3 is 2.10 bits per heavy atom. The molecule has 20 heavy (non-hydrogen) atoms. The van der Waals surface area contributed by atoms with Gasteiger partial charge in [0.25, 0.3) is 0 Å². The molecule has 0 aromatic heterocycles. The number of nitrogens with one attached hydrogen (secondary N) is 1. The Bertz CT molecular complexity index is 501. The number of carbonyl (C=O) groups excluding carboxylic acids is 1. The SMILES string of the molecule is C=CC(=O)Nc1ccc(C2OC(C)(C)C(C)(C)O2)cc1. The Balaban J connectivity index is 2.12. The summed E-state index contributed by atoms with van der Waals surface area (Å²) >= 11 is 0. The lowest BCUT2D eigenvalue weighted by Gasteiger charge is -2.30. The van der Waals surface area contributed by atoms with Crippen molar-refractivity contribution in [2.45, 2.75) is 45.2 Å². The minimum Gasteiger partial charge on any atom is -0.339 e. The van der Waals surface area contributed by atoms with Crippen molar-refractivity contribution in [3.8, 4) is 0 Å². The summed E-state index contributed by atoms with van der Waals surface area (Å²) in [5.74, 6) is -0.228. The Hall–Kier alpha value is -1.65. The molecule has 1 aliphatic rings. The fourth-order valence-corrected chi connectivity index (χ4v) is 1.90. The number of hydrogen-bond donors (Lipinski definition) is 1. The molecule has 0 aliphatic carbocycles. The first-order valence-corrected chi connectivity index (χ1v) is 6.64. The van der Waals surface area contributed by atoms with E-state index in [4.69, 9.17) is 9.47 Å². The highest BCUT2D eigenvalue weighted by Crippen LogP contribution is 2.44. The van der Waals surface area contributed by atoms with Crippen molar-refractivity contribution in [3.63, 3.8) is 0 Å². The quantitative estimate of drug-likeness (QED) is 0.860. The van der Waals surface area contributed by atoms with Gasteiger partial charge in [0.15, 0.2) is 6.29 Å². The Morgan fingerprint density at radius 2 is 1.65 bits per heavy atom. The molecule has 1 amide bonds. The molecule has 1 heterocycles. The lowest BCUT2D eigenvalue weighted by atomic mass is 9.90. The highest BCUT2D eigenvalue weighted by atomic mass is 16.7. The van der Waals surface area contributed by atoms with Gasteiger partial charge in [-0.05, 0) is 45.9 Å². The normalized spacial score (nSPS) is 20.6. The van der Waals surface area contributed by atoms with Crippen molar-refractivity contribution in [1.29, 1.82) is 0 Å². The summed E-state index contributed by atoms with van der Waals surface area (Å²) in [5.41, 5.74) is 0.941. The molecule has 1 aliphatic heterocycles. The minimum absolute atomic E-state index is 0.228. The number of amides is 1. The largest absolute Gasteiger partial charge is 0.339 e. The van der Waals surface area contributed by atoms with Gasteiger partial charge in [0.2, 0.25) is 5.91 Å². The number of rotatable bonds is 3. The summed E-state index contributed by atoms with van der Waals surface area (Å²) in [4.78, 5) is 11.2. The molecule has 4 heteroatoms. The first-order valence-electron chi connectivity index (χ1n) is 6.64. The highest BCUT2D eigenvalue weighted by Gasteiger charge is 2.49. The Kier molecular flexibility index (Phi) is 3.71. The molecule has 1 N–H and O–H groups in total. The van der Waals surface area contributed by atoms with Crippen LogP contribution in [0.1, 0.15) is 39.5 Å². The van der Waals surface area contributed by atoms with Crippen molar-refractivity contribution in [3.05, 3.63) is 42.5 Å². The zero-order valence-corrected chi connectivity index (χ0v) is 12.4. The van der Waals surface area contributed by atoms with Gasteiger partial charge in [-0.3, -0.25) is 4.79 Å². The number of benzene rings is 1. The summed E-state index contributed by atoms with van der Waals surface area (Å²) in [6.07, 6.45) is 0.853. The molecule has 2 rings (SSSR count). The number of ether oxygens (including phenoxy) is 2. The van der Waals surface area contributed by atoms with E-state index in [2.05, 4.69) is 11.9 Å². The second kappa shape index (κ2) is 5.04. The summed E-state index contributed by atoms with van der Waals surface area (Å²) in [6, 6.07) is 7.42. The lowest BCUT2D eigenvalue weighted by Crippen LogP contribution is -2.41. The molecule has 4 nitrogen and oxygen atoms in total. The summed E-state index contributed by atoms with van der Waals surface area (Å²) in [7, 11) is 0. The number of carbonyl (C=O) groups is 1. The van der Waals surface area contributed by atoms with Gasteiger partial charge in [-0.1, -0.05) is 18.7 Å². The van der Waals surface area contributed by atoms with Crippen LogP contribution in [-0.4, -0.2) is 17.1 Å². The van der Waals surface area contributed by atoms with E-state index in [0.717, 1.165) is 11.3 Å². The average molecular weight is 275 g/mol. The maximum Gasteiger partial charge on any atom is 0.247 e. The number of hydrogen-bond acceptors (Lipinski definition) is 3. The predicted molar refractivity (Wildman–Crippen MR) is 78.3 cm³/mol. The zero-order chi connectivity index (χ0) is 15.0. The van der Waals surface area contributed by atoms with Crippen LogP contribution in [0.2, 0.25) is 0 Å². The van der Waals surface area contributed by atoms with Crippen molar-refractivity contribution >= 4 is 11.6 Å². The third-order valence-electron chi connectivity index (χ3n) is 3.89. The molecule has 0 radical (unpaired) electrons. The van der Waals surface area contributed by atoms with Crippen molar-refractivity contribution in [1.82, 2.24) is 0 Å². The highest BCUT2D eigenvalue weighted by molar-refractivity contribution is 5.98. The second-order valence-electron chi connectivity index (χ2n) is 5.90. The first kappa shape index (κ1) is 14.8. The van der Waals surface area contributed by atoms with Gasteiger partial charge in [0.1, 0.15) is 0 Å². The van der Waals surface area contributed by atoms with Crippen LogP contribution >= 0.6 is 0 Å². The van der Waals surface area contributed by atoms with Crippen LogP contribution in [-0.2, 0) is 14.3 Å². The van der Waals surface area contributed by atoms with E-state index in [9.17, 15) is 4.79 Å². The van der Waals surface area contributed by atoms with Crippen LogP contribution in [0.15, 0.2) is 36.9 Å². The van der Waals surface area contributed by atoms with Gasteiger partial charge in [-0.2, -0.15) is 0 Å². The minimum atomic E-state index is -0.385. The smallest absolute Gasteiger partial charge is 0.247 e. The Labute approximate surface area is 119 Å². The van der Waals surface area contributed by atoms with Gasteiger partial charge in [0.05, 0.1) is 11.2 Å². The van der Waals surface area contributed by atoms with Crippen LogP contribution in [0, 0.1) is 0 Å². The van der Waals surface area contributed by atoms with Crippen LogP contribution in [0.4, 0.5) is 5.69 Å². The van der Waals surface area contributed by atoms with E-state index in [0.29, 0.717) is 0 Å². The molecule has 0 saturated carbocycles. The third kappa shape index (κ3) is 2.76. The average Bonchev–Trinajstić information content (AvgIpc) is 2.59. The molecule has 0 atom stereocenters. The molecule has 0 bridgehead atoms. The van der Waals surface area contributed by atoms with E-state index < -0.39 is 0 Å². The van der Waals surface area contributed by atoms with E-state index in [1.807, 2.05) is 52.0 Å². The van der Waals surface area contributed by atoms with E-state index >= 15 is 0 Å². The third-order valence-corrected chi connectivity index (χ3v) is 3.89. The number of anilines is 1. The van der Waals surface area contributed by atoms with Crippen LogP contribution < -0.4 is 5.32 Å². The molecule has 1 aromatic rings. The topological polar surface area (TPSA) is 47.6 Å². The van der Waals surface area contributed by atoms with Crippen LogP contribution in [0.25, 0.3) is 0 Å². The van der Waals surface area contributed by atoms with Crippen LogP contribution in [0.5, 0.6) is 0 Å². The summed E-state index contributed by atoms with van der Waals surface area (Å²) in [6.45, 7) is 11.5. The molecule has 108 valence electrons. The van der Waals surface area contributed by atoms with E-state index in [1.165, 1.54) is 6.08 Å². The summed E-state index contributed by atoms with van der Waals surface area (Å²) in [5, 5.41) is 2.70. The van der Waals surface area contributed by atoms with Gasteiger partial charge >= 0.3 is 0 Å². The predicted octanol–water partition coefficient (Wildman–Crippen LogP) is 3.41. The van der Waals surface area contributed by atoms with Crippen molar-refractivity contribution in [2.75, 3.05) is 5.32 Å². The molecular weight excluding hydrogens is 254 g/mol. The second-order valence-corrected chi connectivity index (χ2v) is 5.90. The van der Waals surface area contributed by atoms with E-state index in [1.54, 1.807) is 0 Å². The fourth-order valence-electron chi connectivity index (χ4n) is 1.90. The van der Waals surface area contributed by atoms with E-state index in [-0.39, 0.29) is 23.4 Å². The fraction of sp³-hybridized carbons (Fsp3) is 0.438. The maximum absolute atomic E-state index is 11.2. The standard InChI is InChI=1S/C16H21NO3/c1-6-13(18)17-12-9-7-11(8-10-12)14-19-15(2,3)16(4,5)20-14/h6-10,14H,1H2,2-5H3,(H,17,18). The monoisotopic (exact) mass is 275 g/mol. The van der Waals surface area contributed by atoms with Crippen molar-refractivity contribution < 1.29 is 14.3 Å². The van der Waals surface area contributed by atoms with Gasteiger partial charge < -0.3 is 14.8 Å². The zero-order valence-electron chi connectivity index (χ0n) is 12.4. The van der Waals surface area contributed by atoms with Gasteiger partial charge in [0, 0.05) is 11.3 Å². The first-order chi connectivity index (χ1) is 9.25. The van der Waals surface area contributed by atoms with Gasteiger partial charge in [-0.15, -0.1) is 0 Å². The molecule has 0 spiro atoms. The molecule has 1 saturated heterocycles. The molecule has 0 unspecified atom stereocenters. The van der Waals surface area contributed by atoms with Crippen molar-refractivity contribution in [2.24, 2.45) is 0 Å². The van der Waals surface area contributed by atoms with Gasteiger partial charge in [-0.25, -0.2) is 0 Å². The maximum atomic E-state index is 11.2. The molecular formula is C16H21NO3. The lowest BCUT2D eigenvalue weighted by molar-refractivity contribution is -0.111. The summed E-state index contributed by atoms with van der Waals surface area (Å²) < 4.78 is 11.9. The molecule has 1 fully saturated rings. The van der Waals surface area contributed by atoms with Crippen LogP contribution in [0.3, 0.4) is 0 Å². The molecule has 1 aromatic carbocycles. The Morgan fingerprint density at radius 1 is 1.15 bits per heavy atom.